The molecule has 0 spiro atoms. The van der Waals surface area contributed by atoms with Crippen LogP contribution in [0.4, 0.5) is 14.6 Å². The lowest BCUT2D eigenvalue weighted by atomic mass is 9.96. The topological polar surface area (TPSA) is 51.8 Å². The molecule has 0 amide bonds. The summed E-state index contributed by atoms with van der Waals surface area (Å²) in [6.07, 6.45) is 0. The van der Waals surface area contributed by atoms with Crippen LogP contribution in [0.1, 0.15) is 26.6 Å². The average molecular weight is 295 g/mol. The lowest BCUT2D eigenvalue weighted by Gasteiger charge is -2.17. The standard InChI is InChI=1S/C14H15F2N3S/c1-14(2,3)13-18-11(17)7-12(19-13)20-10-5-4-8(15)6-9(10)16/h4-7H,1-3H3,(H2,17,18,19). The molecule has 106 valence electrons. The maximum absolute atomic E-state index is 13.6. The molecule has 0 unspecified atom stereocenters. The van der Waals surface area contributed by atoms with E-state index in [1.165, 1.54) is 12.1 Å². The molecule has 6 heteroatoms. The lowest BCUT2D eigenvalue weighted by Crippen LogP contribution is -2.17. The van der Waals surface area contributed by atoms with Crippen molar-refractivity contribution in [3.05, 3.63) is 41.7 Å². The highest BCUT2D eigenvalue weighted by Crippen LogP contribution is 2.31. The molecule has 0 saturated heterocycles. The number of hydrogen-bond acceptors (Lipinski definition) is 4. The summed E-state index contributed by atoms with van der Waals surface area (Å²) in [7, 11) is 0. The third kappa shape index (κ3) is 3.45. The largest absolute Gasteiger partial charge is 0.384 e. The number of hydrogen-bond donors (Lipinski definition) is 1. The SMILES string of the molecule is CC(C)(C)c1nc(N)cc(Sc2ccc(F)cc2F)n1. The van der Waals surface area contributed by atoms with Gasteiger partial charge in [0.25, 0.3) is 0 Å². The minimum absolute atomic E-state index is 0.258. The van der Waals surface area contributed by atoms with Crippen molar-refractivity contribution in [3.63, 3.8) is 0 Å². The van der Waals surface area contributed by atoms with E-state index in [4.69, 9.17) is 5.73 Å². The normalized spacial score (nSPS) is 11.7. The summed E-state index contributed by atoms with van der Waals surface area (Å²) in [5.74, 6) is -0.314. The average Bonchev–Trinajstić information content (AvgIpc) is 2.31. The zero-order valence-electron chi connectivity index (χ0n) is 11.4. The molecule has 2 N–H and O–H groups in total. The Morgan fingerprint density at radius 1 is 1.10 bits per heavy atom. The van der Waals surface area contributed by atoms with Crippen LogP contribution in [0.5, 0.6) is 0 Å². The van der Waals surface area contributed by atoms with Crippen molar-refractivity contribution in [3.8, 4) is 0 Å². The van der Waals surface area contributed by atoms with Crippen LogP contribution < -0.4 is 5.73 Å². The third-order valence-electron chi connectivity index (χ3n) is 2.50. The molecule has 3 nitrogen and oxygen atoms in total. The van der Waals surface area contributed by atoms with E-state index < -0.39 is 11.6 Å². The Bertz CT molecular complexity index is 639. The molecule has 0 aliphatic carbocycles. The van der Waals surface area contributed by atoms with Crippen LogP contribution in [0.2, 0.25) is 0 Å². The molecule has 2 aromatic rings. The lowest BCUT2D eigenvalue weighted by molar-refractivity contribution is 0.539. The Hall–Kier alpha value is -1.69. The Kier molecular flexibility index (Phi) is 3.94. The summed E-state index contributed by atoms with van der Waals surface area (Å²) in [6, 6.07) is 5.01. The third-order valence-corrected chi connectivity index (χ3v) is 3.47. The second kappa shape index (κ2) is 5.36. The van der Waals surface area contributed by atoms with Crippen LogP contribution >= 0.6 is 11.8 Å². The number of halogens is 2. The molecule has 2 rings (SSSR count). The zero-order valence-corrected chi connectivity index (χ0v) is 12.3. The Labute approximate surface area is 120 Å². The highest BCUT2D eigenvalue weighted by atomic mass is 32.2. The predicted octanol–water partition coefficient (Wildman–Crippen LogP) is 3.79. The molecule has 20 heavy (non-hydrogen) atoms. The first-order valence-electron chi connectivity index (χ1n) is 6.03. The number of rotatable bonds is 2. The van der Waals surface area contributed by atoms with E-state index >= 15 is 0 Å². The van der Waals surface area contributed by atoms with Crippen LogP contribution in [0.25, 0.3) is 0 Å². The summed E-state index contributed by atoms with van der Waals surface area (Å²) < 4.78 is 26.5. The first kappa shape index (κ1) is 14.7. The van der Waals surface area contributed by atoms with E-state index in [-0.39, 0.29) is 5.41 Å². The Morgan fingerprint density at radius 3 is 2.40 bits per heavy atom. The van der Waals surface area contributed by atoms with Gasteiger partial charge in [0, 0.05) is 22.4 Å². The van der Waals surface area contributed by atoms with Crippen molar-refractivity contribution in [2.75, 3.05) is 5.73 Å². The molecule has 1 aromatic heterocycles. The molecule has 1 aromatic carbocycles. The van der Waals surface area contributed by atoms with Gasteiger partial charge in [0.1, 0.15) is 28.3 Å². The molecule has 0 aliphatic heterocycles. The van der Waals surface area contributed by atoms with Gasteiger partial charge in [-0.2, -0.15) is 0 Å². The molecule has 0 bridgehead atoms. The highest BCUT2D eigenvalue weighted by Gasteiger charge is 2.19. The first-order chi connectivity index (χ1) is 9.25. The minimum Gasteiger partial charge on any atom is -0.384 e. The summed E-state index contributed by atoms with van der Waals surface area (Å²) in [5.41, 5.74) is 5.50. The van der Waals surface area contributed by atoms with Gasteiger partial charge < -0.3 is 5.73 Å². The van der Waals surface area contributed by atoms with Crippen molar-refractivity contribution in [2.24, 2.45) is 0 Å². The van der Waals surface area contributed by atoms with Crippen molar-refractivity contribution < 1.29 is 8.78 Å². The van der Waals surface area contributed by atoms with Gasteiger partial charge in [0.2, 0.25) is 0 Å². The smallest absolute Gasteiger partial charge is 0.140 e. The molecule has 0 saturated carbocycles. The summed E-state index contributed by atoms with van der Waals surface area (Å²) >= 11 is 1.09. The number of nitrogen functional groups attached to an aromatic ring is 1. The van der Waals surface area contributed by atoms with E-state index in [9.17, 15) is 8.78 Å². The molecule has 0 aliphatic rings. The fourth-order valence-corrected chi connectivity index (χ4v) is 2.33. The van der Waals surface area contributed by atoms with Crippen LogP contribution in [0, 0.1) is 11.6 Å². The predicted molar refractivity (Wildman–Crippen MR) is 75.6 cm³/mol. The Balaban J connectivity index is 2.36. The van der Waals surface area contributed by atoms with Crippen LogP contribution in [0.15, 0.2) is 34.2 Å². The molecular weight excluding hydrogens is 280 g/mol. The van der Waals surface area contributed by atoms with E-state index in [2.05, 4.69) is 9.97 Å². The van der Waals surface area contributed by atoms with Gasteiger partial charge in [-0.1, -0.05) is 32.5 Å². The highest BCUT2D eigenvalue weighted by molar-refractivity contribution is 7.99. The minimum atomic E-state index is -0.621. The Morgan fingerprint density at radius 2 is 1.80 bits per heavy atom. The van der Waals surface area contributed by atoms with Gasteiger partial charge in [-0.3, -0.25) is 0 Å². The maximum Gasteiger partial charge on any atom is 0.140 e. The zero-order chi connectivity index (χ0) is 14.9. The van der Waals surface area contributed by atoms with E-state index in [1.807, 2.05) is 20.8 Å². The van der Waals surface area contributed by atoms with Crippen molar-refractivity contribution in [1.29, 1.82) is 0 Å². The molecule has 0 radical (unpaired) electrons. The van der Waals surface area contributed by atoms with Gasteiger partial charge >= 0.3 is 0 Å². The summed E-state index contributed by atoms with van der Waals surface area (Å²) in [4.78, 5) is 8.85. The maximum atomic E-state index is 13.6. The van der Waals surface area contributed by atoms with Crippen molar-refractivity contribution in [2.45, 2.75) is 36.1 Å². The molecule has 0 atom stereocenters. The van der Waals surface area contributed by atoms with E-state index in [0.717, 1.165) is 17.8 Å². The molecular formula is C14H15F2N3S. The van der Waals surface area contributed by atoms with Crippen molar-refractivity contribution >= 4 is 17.6 Å². The van der Waals surface area contributed by atoms with Gasteiger partial charge in [0.15, 0.2) is 0 Å². The van der Waals surface area contributed by atoms with E-state index in [1.54, 1.807) is 6.07 Å². The number of nitrogens with zero attached hydrogens (tertiary/aromatic N) is 2. The summed E-state index contributed by atoms with van der Waals surface area (Å²) in [5, 5.41) is 0.535. The van der Waals surface area contributed by atoms with Crippen LogP contribution in [-0.2, 0) is 5.41 Å². The quantitative estimate of drug-likeness (QED) is 0.857. The second-order valence-corrected chi connectivity index (χ2v) is 6.44. The fraction of sp³-hybridized carbons (Fsp3) is 0.286. The van der Waals surface area contributed by atoms with Crippen molar-refractivity contribution in [1.82, 2.24) is 9.97 Å². The van der Waals surface area contributed by atoms with Gasteiger partial charge in [0.05, 0.1) is 0 Å². The second-order valence-electron chi connectivity index (χ2n) is 5.38. The fourth-order valence-electron chi connectivity index (χ4n) is 1.50. The van der Waals surface area contributed by atoms with Gasteiger partial charge in [-0.15, -0.1) is 0 Å². The number of benzene rings is 1. The summed E-state index contributed by atoms with van der Waals surface area (Å²) in [6.45, 7) is 5.90. The molecule has 0 fully saturated rings. The van der Waals surface area contributed by atoms with Crippen LogP contribution in [0.3, 0.4) is 0 Å². The van der Waals surface area contributed by atoms with Crippen LogP contribution in [-0.4, -0.2) is 9.97 Å². The van der Waals surface area contributed by atoms with Gasteiger partial charge in [-0.05, 0) is 12.1 Å². The monoisotopic (exact) mass is 295 g/mol. The van der Waals surface area contributed by atoms with E-state index in [0.29, 0.717) is 21.6 Å². The first-order valence-corrected chi connectivity index (χ1v) is 6.85. The number of nitrogens with two attached hydrogens (primary N) is 1. The number of aromatic nitrogens is 2. The number of anilines is 1. The van der Waals surface area contributed by atoms with Gasteiger partial charge in [-0.25, -0.2) is 18.7 Å². The molecule has 1 heterocycles.